The number of phenolic OH excluding ortho intramolecular Hbond substituents is 1. The van der Waals surface area contributed by atoms with Crippen LogP contribution in [0.1, 0.15) is 125 Å². The molecule has 0 saturated heterocycles. The molecular weight excluding hydrogens is 779 g/mol. The van der Waals surface area contributed by atoms with Gasteiger partial charge in [0.15, 0.2) is 0 Å². The summed E-state index contributed by atoms with van der Waals surface area (Å²) in [5.41, 5.74) is 10.4. The standard InChI is InChI=1S/C60H65N3O/c1-37-36-61-53(38(2)52(37)40-24-19-16-20-25-40)43-30-42(31-44(32-43)57(3,4)5)46-26-21-27-51-54(46)62-56(47-34-45(58(6,7)8)35-49(55(47)64)60(12,13)14)63(51)50-29-28-41(33-48(50)59(9,10)11)39-22-17-15-18-23-39/h15-36,64H,1-14H3/i1D3,2D3. The van der Waals surface area contributed by atoms with Crippen LogP contribution in [-0.2, 0) is 21.7 Å². The summed E-state index contributed by atoms with van der Waals surface area (Å²) in [4.78, 5) is 10.4. The first kappa shape index (κ1) is 37.1. The maximum atomic E-state index is 12.6. The number of pyridine rings is 1. The first-order valence-corrected chi connectivity index (χ1v) is 22.3. The van der Waals surface area contributed by atoms with E-state index in [9.17, 15) is 5.11 Å². The van der Waals surface area contributed by atoms with E-state index in [0.717, 1.165) is 55.7 Å². The number of hydrogen-bond acceptors (Lipinski definition) is 3. The first-order chi connectivity index (χ1) is 32.4. The Morgan fingerprint density at radius 3 is 1.75 bits per heavy atom. The Bertz CT molecular complexity index is 3260. The maximum absolute atomic E-state index is 12.6. The maximum Gasteiger partial charge on any atom is 0.149 e. The van der Waals surface area contributed by atoms with Gasteiger partial charge in [-0.2, -0.15) is 0 Å². The molecule has 0 amide bonds. The highest BCUT2D eigenvalue weighted by Gasteiger charge is 2.31. The lowest BCUT2D eigenvalue weighted by Gasteiger charge is -2.28. The normalized spacial score (nSPS) is 14.4. The van der Waals surface area contributed by atoms with Crippen molar-refractivity contribution in [2.75, 3.05) is 0 Å². The lowest BCUT2D eigenvalue weighted by molar-refractivity contribution is 0.446. The van der Waals surface area contributed by atoms with Crippen molar-refractivity contribution in [1.82, 2.24) is 14.5 Å². The number of nitrogens with zero attached hydrogens (tertiary/aromatic N) is 3. The van der Waals surface area contributed by atoms with Gasteiger partial charge in [0.2, 0.25) is 0 Å². The molecule has 8 aromatic rings. The topological polar surface area (TPSA) is 50.9 Å². The zero-order chi connectivity index (χ0) is 51.1. The van der Waals surface area contributed by atoms with Crippen molar-refractivity contribution in [1.29, 1.82) is 0 Å². The molecule has 0 aliphatic heterocycles. The van der Waals surface area contributed by atoms with E-state index in [1.54, 1.807) is 24.3 Å². The number of phenols is 1. The molecule has 2 heterocycles. The third kappa shape index (κ3) is 8.31. The number of aromatic hydroxyl groups is 1. The minimum Gasteiger partial charge on any atom is -0.507 e. The average molecular weight is 850 g/mol. The molecule has 0 radical (unpaired) electrons. The van der Waals surface area contributed by atoms with E-state index in [-0.39, 0.29) is 39.0 Å². The molecule has 0 unspecified atom stereocenters. The van der Waals surface area contributed by atoms with Crippen LogP contribution in [0.15, 0.2) is 134 Å². The van der Waals surface area contributed by atoms with E-state index >= 15 is 0 Å². The Hall–Kier alpha value is -6.26. The SMILES string of the molecule is [2H]C([2H])([2H])c1cnc(-c2cc(-c3cccc4c3nc(-c3cc(C(C)(C)C)cc(C(C)(C)C)c3O)n4-c3ccc(-c4ccccc4)cc3C(C)(C)C)cc(C(C)(C)C)c2)c(C([2H])([2H])[2H])c1-c1ccccc1. The van der Waals surface area contributed by atoms with Gasteiger partial charge in [-0.3, -0.25) is 9.55 Å². The molecule has 0 fully saturated rings. The zero-order valence-corrected chi connectivity index (χ0v) is 39.5. The van der Waals surface area contributed by atoms with Crippen LogP contribution < -0.4 is 0 Å². The van der Waals surface area contributed by atoms with Gasteiger partial charge in [-0.1, -0.05) is 174 Å². The van der Waals surface area contributed by atoms with Gasteiger partial charge in [-0.05, 0) is 127 Å². The largest absolute Gasteiger partial charge is 0.507 e. The summed E-state index contributed by atoms with van der Waals surface area (Å²) in [6.07, 6.45) is 1.32. The molecule has 0 aliphatic rings. The fourth-order valence-corrected chi connectivity index (χ4v) is 8.70. The molecule has 64 heavy (non-hydrogen) atoms. The van der Waals surface area contributed by atoms with Crippen LogP contribution in [0.2, 0.25) is 0 Å². The predicted octanol–water partition coefficient (Wildman–Crippen LogP) is 16.3. The van der Waals surface area contributed by atoms with Crippen LogP contribution in [0, 0.1) is 13.7 Å². The molecule has 4 heteroatoms. The molecule has 0 spiro atoms. The van der Waals surface area contributed by atoms with Crippen molar-refractivity contribution >= 4 is 11.0 Å². The number of aromatic nitrogens is 3. The van der Waals surface area contributed by atoms with Crippen LogP contribution >= 0.6 is 0 Å². The fraction of sp³-hybridized carbons (Fsp3) is 0.300. The second kappa shape index (κ2) is 16.1. The third-order valence-electron chi connectivity index (χ3n) is 12.4. The summed E-state index contributed by atoms with van der Waals surface area (Å²) in [6.45, 7) is 20.5. The highest BCUT2D eigenvalue weighted by molar-refractivity contribution is 5.97. The highest BCUT2D eigenvalue weighted by atomic mass is 16.3. The Kier molecular flexibility index (Phi) is 9.33. The van der Waals surface area contributed by atoms with E-state index in [1.807, 2.05) is 36.4 Å². The fourth-order valence-electron chi connectivity index (χ4n) is 8.70. The Morgan fingerprint density at radius 2 is 1.14 bits per heavy atom. The Labute approximate surface area is 390 Å². The molecule has 0 aliphatic carbocycles. The number of rotatable bonds is 6. The summed E-state index contributed by atoms with van der Waals surface area (Å²) < 4.78 is 54.6. The van der Waals surface area contributed by atoms with Gasteiger partial charge in [-0.25, -0.2) is 4.98 Å². The van der Waals surface area contributed by atoms with Crippen LogP contribution in [0.5, 0.6) is 5.75 Å². The summed E-state index contributed by atoms with van der Waals surface area (Å²) in [6, 6.07) is 42.2. The number of para-hydroxylation sites is 1. The van der Waals surface area contributed by atoms with E-state index in [0.29, 0.717) is 28.0 Å². The number of imidazole rings is 1. The summed E-state index contributed by atoms with van der Waals surface area (Å²) in [5, 5.41) is 12.6. The highest BCUT2D eigenvalue weighted by Crippen LogP contribution is 2.46. The molecule has 0 atom stereocenters. The summed E-state index contributed by atoms with van der Waals surface area (Å²) in [5.74, 6) is 0.757. The molecular formula is C60H65N3O. The predicted molar refractivity (Wildman–Crippen MR) is 272 cm³/mol. The van der Waals surface area contributed by atoms with E-state index in [2.05, 4.69) is 154 Å². The van der Waals surface area contributed by atoms with Gasteiger partial charge in [0, 0.05) is 31.1 Å². The van der Waals surface area contributed by atoms with Crippen molar-refractivity contribution in [2.24, 2.45) is 0 Å². The van der Waals surface area contributed by atoms with Crippen molar-refractivity contribution < 1.29 is 13.3 Å². The molecule has 4 nitrogen and oxygen atoms in total. The van der Waals surface area contributed by atoms with Crippen molar-refractivity contribution in [3.05, 3.63) is 167 Å². The molecule has 1 N–H and O–H groups in total. The second-order valence-electron chi connectivity index (χ2n) is 21.4. The van der Waals surface area contributed by atoms with E-state index in [1.165, 1.54) is 6.20 Å². The quantitative estimate of drug-likeness (QED) is 0.181. The minimum atomic E-state index is -2.74. The molecule has 2 aromatic heterocycles. The number of aryl methyl sites for hydroxylation is 1. The van der Waals surface area contributed by atoms with Crippen LogP contribution in [0.4, 0.5) is 0 Å². The molecule has 6 aromatic carbocycles. The monoisotopic (exact) mass is 850 g/mol. The van der Waals surface area contributed by atoms with Crippen molar-refractivity contribution in [3.8, 4) is 67.5 Å². The number of benzene rings is 6. The minimum absolute atomic E-state index is 0.119. The first-order valence-electron chi connectivity index (χ1n) is 25.3. The van der Waals surface area contributed by atoms with Crippen LogP contribution in [0.3, 0.4) is 0 Å². The number of hydrogen-bond donors (Lipinski definition) is 1. The van der Waals surface area contributed by atoms with Gasteiger partial charge in [-0.15, -0.1) is 0 Å². The van der Waals surface area contributed by atoms with E-state index in [4.69, 9.17) is 18.2 Å². The van der Waals surface area contributed by atoms with Crippen molar-refractivity contribution in [3.63, 3.8) is 0 Å². The van der Waals surface area contributed by atoms with Gasteiger partial charge in [0.25, 0.3) is 0 Å². The van der Waals surface area contributed by atoms with E-state index < -0.39 is 24.5 Å². The molecule has 0 bridgehead atoms. The van der Waals surface area contributed by atoms with Gasteiger partial charge < -0.3 is 5.11 Å². The van der Waals surface area contributed by atoms with Crippen LogP contribution in [0.25, 0.3) is 72.7 Å². The molecule has 326 valence electrons. The Balaban J connectivity index is 1.50. The summed E-state index contributed by atoms with van der Waals surface area (Å²) >= 11 is 0. The summed E-state index contributed by atoms with van der Waals surface area (Å²) in [7, 11) is 0. The molecule has 8 rings (SSSR count). The third-order valence-corrected chi connectivity index (χ3v) is 12.4. The van der Waals surface area contributed by atoms with Gasteiger partial charge in [0.05, 0.1) is 28.0 Å². The lowest BCUT2D eigenvalue weighted by Crippen LogP contribution is -2.18. The lowest BCUT2D eigenvalue weighted by atomic mass is 9.78. The van der Waals surface area contributed by atoms with Gasteiger partial charge >= 0.3 is 0 Å². The van der Waals surface area contributed by atoms with Gasteiger partial charge in [0.1, 0.15) is 11.6 Å². The van der Waals surface area contributed by atoms with Crippen LogP contribution in [-0.4, -0.2) is 19.6 Å². The smallest absolute Gasteiger partial charge is 0.149 e. The van der Waals surface area contributed by atoms with Crippen molar-refractivity contribution in [2.45, 2.75) is 118 Å². The molecule has 0 saturated carbocycles. The second-order valence-corrected chi connectivity index (χ2v) is 21.4. The zero-order valence-electron chi connectivity index (χ0n) is 45.5. The Morgan fingerprint density at radius 1 is 0.516 bits per heavy atom. The average Bonchev–Trinajstić information content (AvgIpc) is 3.66. The number of fused-ring (bicyclic) bond motifs is 1.